The summed E-state index contributed by atoms with van der Waals surface area (Å²) in [5, 5.41) is 22.4. The van der Waals surface area contributed by atoms with E-state index in [9.17, 15) is 10.2 Å². The van der Waals surface area contributed by atoms with Gasteiger partial charge in [-0.1, -0.05) is 6.07 Å². The first-order valence-electron chi connectivity index (χ1n) is 9.58. The van der Waals surface area contributed by atoms with Gasteiger partial charge in [0.2, 0.25) is 0 Å². The number of aryl methyl sites for hydroxylation is 1. The molecular formula is C21H25N3O3S. The zero-order chi connectivity index (χ0) is 19.6. The summed E-state index contributed by atoms with van der Waals surface area (Å²) in [6.07, 6.45) is 4.52. The summed E-state index contributed by atoms with van der Waals surface area (Å²) in [6, 6.07) is 9.67. The Morgan fingerprint density at radius 1 is 1.29 bits per heavy atom. The summed E-state index contributed by atoms with van der Waals surface area (Å²) >= 11 is 1.67. The number of pyridine rings is 1. The highest BCUT2D eigenvalue weighted by molar-refractivity contribution is 7.18. The number of rotatable bonds is 6. The van der Waals surface area contributed by atoms with E-state index in [0.717, 1.165) is 26.5 Å². The molecule has 1 fully saturated rings. The Morgan fingerprint density at radius 2 is 2.11 bits per heavy atom. The topological polar surface area (TPSA) is 78.7 Å². The third-order valence-corrected chi connectivity index (χ3v) is 6.31. The SMILES string of the molecule is Cc1nc2cc(OCC[C@H](O)N3CCC(O)(c4cccnc4)CC3)ccc2s1. The lowest BCUT2D eigenvalue weighted by Gasteiger charge is -2.40. The lowest BCUT2D eigenvalue weighted by molar-refractivity contribution is -0.0820. The third kappa shape index (κ3) is 4.17. The van der Waals surface area contributed by atoms with Crippen LogP contribution in [0.1, 0.15) is 29.8 Å². The Labute approximate surface area is 168 Å². The molecule has 0 aliphatic carbocycles. The highest BCUT2D eigenvalue weighted by Crippen LogP contribution is 2.33. The Kier molecular flexibility index (Phi) is 5.59. The molecule has 0 amide bonds. The standard InChI is InChI=1S/C21H25N3O3S/c1-15-23-18-13-17(4-5-19(18)28-15)27-12-6-20(25)24-10-7-21(26,8-11-24)16-3-2-9-22-14-16/h2-5,9,13-14,20,25-26H,6-8,10-12H2,1H3/t20-/m0/s1. The van der Waals surface area contributed by atoms with Gasteiger partial charge in [-0.25, -0.2) is 4.98 Å². The van der Waals surface area contributed by atoms with Crippen LogP contribution in [0.4, 0.5) is 0 Å². The lowest BCUT2D eigenvalue weighted by atomic mass is 9.85. The molecule has 1 aliphatic rings. The van der Waals surface area contributed by atoms with E-state index in [0.29, 0.717) is 39.0 Å². The van der Waals surface area contributed by atoms with Crippen LogP contribution in [0.3, 0.4) is 0 Å². The molecule has 28 heavy (non-hydrogen) atoms. The van der Waals surface area contributed by atoms with Crippen molar-refractivity contribution in [2.24, 2.45) is 0 Å². The number of aromatic nitrogens is 2. The molecule has 2 N–H and O–H groups in total. The number of piperidine rings is 1. The summed E-state index contributed by atoms with van der Waals surface area (Å²) in [4.78, 5) is 10.6. The van der Waals surface area contributed by atoms with E-state index in [1.54, 1.807) is 23.7 Å². The van der Waals surface area contributed by atoms with Gasteiger partial charge in [0, 0.05) is 43.5 Å². The minimum Gasteiger partial charge on any atom is -0.493 e. The zero-order valence-corrected chi connectivity index (χ0v) is 16.7. The van der Waals surface area contributed by atoms with Crippen LogP contribution in [-0.4, -0.2) is 51.0 Å². The van der Waals surface area contributed by atoms with Crippen molar-refractivity contribution in [1.29, 1.82) is 0 Å². The zero-order valence-electron chi connectivity index (χ0n) is 15.9. The molecule has 0 unspecified atom stereocenters. The first kappa shape index (κ1) is 19.3. The van der Waals surface area contributed by atoms with Gasteiger partial charge in [-0.05, 0) is 38.0 Å². The average Bonchev–Trinajstić information content (AvgIpc) is 3.08. The maximum atomic E-state index is 10.9. The number of aliphatic hydroxyl groups excluding tert-OH is 1. The minimum atomic E-state index is -0.859. The van der Waals surface area contributed by atoms with Crippen molar-refractivity contribution in [1.82, 2.24) is 14.9 Å². The highest BCUT2D eigenvalue weighted by Gasteiger charge is 2.35. The van der Waals surface area contributed by atoms with Crippen LogP contribution in [0, 0.1) is 6.92 Å². The number of aliphatic hydroxyl groups is 2. The number of hydrogen-bond acceptors (Lipinski definition) is 7. The third-order valence-electron chi connectivity index (χ3n) is 5.36. The van der Waals surface area contributed by atoms with Crippen molar-refractivity contribution >= 4 is 21.6 Å². The predicted octanol–water partition coefficient (Wildman–Crippen LogP) is 3.07. The second-order valence-electron chi connectivity index (χ2n) is 7.29. The number of hydrogen-bond donors (Lipinski definition) is 2. The normalized spacial score (nSPS) is 18.2. The van der Waals surface area contributed by atoms with E-state index in [4.69, 9.17) is 4.74 Å². The van der Waals surface area contributed by atoms with Crippen molar-refractivity contribution in [2.45, 2.75) is 38.0 Å². The molecule has 0 radical (unpaired) electrons. The maximum Gasteiger partial charge on any atom is 0.121 e. The highest BCUT2D eigenvalue weighted by atomic mass is 32.1. The molecule has 6 nitrogen and oxygen atoms in total. The van der Waals surface area contributed by atoms with E-state index in [2.05, 4.69) is 9.97 Å². The van der Waals surface area contributed by atoms with Crippen molar-refractivity contribution in [3.05, 3.63) is 53.3 Å². The molecule has 1 atom stereocenters. The number of ether oxygens (including phenoxy) is 1. The van der Waals surface area contributed by atoms with Crippen LogP contribution in [0.25, 0.3) is 10.2 Å². The Bertz CT molecular complexity index is 923. The summed E-state index contributed by atoms with van der Waals surface area (Å²) in [5.41, 5.74) is 0.939. The van der Waals surface area contributed by atoms with Crippen LogP contribution in [-0.2, 0) is 5.60 Å². The molecule has 0 bridgehead atoms. The first-order chi connectivity index (χ1) is 13.5. The van der Waals surface area contributed by atoms with Gasteiger partial charge in [-0.2, -0.15) is 0 Å². The van der Waals surface area contributed by atoms with Gasteiger partial charge < -0.3 is 14.9 Å². The average molecular weight is 400 g/mol. The fourth-order valence-corrected chi connectivity index (χ4v) is 4.50. The smallest absolute Gasteiger partial charge is 0.121 e. The van der Waals surface area contributed by atoms with E-state index in [1.807, 2.05) is 42.2 Å². The number of likely N-dealkylation sites (tertiary alicyclic amines) is 1. The van der Waals surface area contributed by atoms with Crippen molar-refractivity contribution in [2.75, 3.05) is 19.7 Å². The maximum absolute atomic E-state index is 10.9. The van der Waals surface area contributed by atoms with Crippen LogP contribution < -0.4 is 4.74 Å². The Balaban J connectivity index is 1.27. The Morgan fingerprint density at radius 3 is 2.86 bits per heavy atom. The van der Waals surface area contributed by atoms with Crippen LogP contribution in [0.2, 0.25) is 0 Å². The summed E-state index contributed by atoms with van der Waals surface area (Å²) in [5.74, 6) is 0.773. The second-order valence-corrected chi connectivity index (χ2v) is 8.52. The van der Waals surface area contributed by atoms with Gasteiger partial charge in [0.05, 0.1) is 27.4 Å². The molecule has 2 aromatic heterocycles. The van der Waals surface area contributed by atoms with Gasteiger partial charge in [0.25, 0.3) is 0 Å². The predicted molar refractivity (Wildman–Crippen MR) is 109 cm³/mol. The molecule has 3 aromatic rings. The summed E-state index contributed by atoms with van der Waals surface area (Å²) in [7, 11) is 0. The number of nitrogens with zero attached hydrogens (tertiary/aromatic N) is 3. The number of thiazole rings is 1. The first-order valence-corrected chi connectivity index (χ1v) is 10.4. The molecule has 4 rings (SSSR count). The lowest BCUT2D eigenvalue weighted by Crippen LogP contribution is -2.47. The second kappa shape index (κ2) is 8.13. The van der Waals surface area contributed by atoms with Crippen molar-refractivity contribution in [3.8, 4) is 5.75 Å². The van der Waals surface area contributed by atoms with E-state index < -0.39 is 11.8 Å². The van der Waals surface area contributed by atoms with Crippen LogP contribution >= 0.6 is 11.3 Å². The minimum absolute atomic E-state index is 0.430. The summed E-state index contributed by atoms with van der Waals surface area (Å²) in [6.45, 7) is 3.70. The van der Waals surface area contributed by atoms with E-state index in [-0.39, 0.29) is 0 Å². The monoisotopic (exact) mass is 399 g/mol. The molecule has 1 saturated heterocycles. The summed E-state index contributed by atoms with van der Waals surface area (Å²) < 4.78 is 6.97. The molecule has 0 saturated carbocycles. The number of fused-ring (bicyclic) bond motifs is 1. The molecule has 7 heteroatoms. The molecular weight excluding hydrogens is 374 g/mol. The van der Waals surface area contributed by atoms with Gasteiger partial charge in [0.15, 0.2) is 0 Å². The fraction of sp³-hybridized carbons (Fsp3) is 0.429. The molecule has 148 valence electrons. The number of benzene rings is 1. The van der Waals surface area contributed by atoms with Crippen molar-refractivity contribution < 1.29 is 14.9 Å². The van der Waals surface area contributed by atoms with Crippen LogP contribution in [0.5, 0.6) is 5.75 Å². The van der Waals surface area contributed by atoms with Crippen LogP contribution in [0.15, 0.2) is 42.7 Å². The van der Waals surface area contributed by atoms with Crippen molar-refractivity contribution in [3.63, 3.8) is 0 Å². The quantitative estimate of drug-likeness (QED) is 0.663. The molecule has 0 spiro atoms. The van der Waals surface area contributed by atoms with E-state index in [1.165, 1.54) is 0 Å². The van der Waals surface area contributed by atoms with Gasteiger partial charge in [-0.15, -0.1) is 11.3 Å². The van der Waals surface area contributed by atoms with Gasteiger partial charge >= 0.3 is 0 Å². The largest absolute Gasteiger partial charge is 0.493 e. The molecule has 1 aliphatic heterocycles. The van der Waals surface area contributed by atoms with Gasteiger partial charge in [-0.3, -0.25) is 9.88 Å². The fourth-order valence-electron chi connectivity index (χ4n) is 3.70. The van der Waals surface area contributed by atoms with E-state index >= 15 is 0 Å². The van der Waals surface area contributed by atoms with Gasteiger partial charge in [0.1, 0.15) is 12.0 Å². The molecule has 3 heterocycles. The Hall–Kier alpha value is -2.06. The molecule has 1 aromatic carbocycles.